The highest BCUT2D eigenvalue weighted by atomic mass is 19.1. The van der Waals surface area contributed by atoms with Gasteiger partial charge in [0.1, 0.15) is 46.1 Å². The van der Waals surface area contributed by atoms with Crippen LogP contribution >= 0.6 is 0 Å². The van der Waals surface area contributed by atoms with Gasteiger partial charge < -0.3 is 16.8 Å². The molecule has 1 atom stereocenters. The molecule has 35 heavy (non-hydrogen) atoms. The molecule has 5 N–H and O–H groups in total. The predicted octanol–water partition coefficient (Wildman–Crippen LogP) is 3.50. The fourth-order valence-electron chi connectivity index (χ4n) is 3.78. The maximum Gasteiger partial charge on any atom is 0.269 e. The summed E-state index contributed by atoms with van der Waals surface area (Å²) in [7, 11) is 0. The average molecular weight is 480 g/mol. The minimum atomic E-state index is -0.938. The van der Waals surface area contributed by atoms with Crippen molar-refractivity contribution >= 4 is 28.5 Å². The Morgan fingerprint density at radius 2 is 1.80 bits per heavy atom. The summed E-state index contributed by atoms with van der Waals surface area (Å²) in [6.45, 7) is 3.39. The van der Waals surface area contributed by atoms with E-state index in [4.69, 9.17) is 11.5 Å². The number of anilines is 3. The van der Waals surface area contributed by atoms with Gasteiger partial charge in [0, 0.05) is 6.07 Å². The molecule has 0 saturated carbocycles. The van der Waals surface area contributed by atoms with Crippen LogP contribution in [0.15, 0.2) is 35.1 Å². The van der Waals surface area contributed by atoms with E-state index >= 15 is 0 Å². The highest BCUT2D eigenvalue weighted by Gasteiger charge is 2.25. The number of hydrogen-bond donors (Lipinski definition) is 3. The molecule has 2 heterocycles. The highest BCUT2D eigenvalue weighted by Crippen LogP contribution is 2.28. The van der Waals surface area contributed by atoms with Crippen LogP contribution in [0.2, 0.25) is 0 Å². The van der Waals surface area contributed by atoms with Gasteiger partial charge in [-0.05, 0) is 37.1 Å². The summed E-state index contributed by atoms with van der Waals surface area (Å²) < 4.78 is 43.9. The van der Waals surface area contributed by atoms with Crippen molar-refractivity contribution in [2.75, 3.05) is 16.8 Å². The lowest BCUT2D eigenvalue weighted by Gasteiger charge is -2.23. The van der Waals surface area contributed by atoms with Crippen LogP contribution in [0.1, 0.15) is 36.3 Å². The summed E-state index contributed by atoms with van der Waals surface area (Å²) in [6, 6.07) is 6.14. The zero-order valence-corrected chi connectivity index (χ0v) is 18.6. The number of nitrogen functional groups attached to an aromatic ring is 2. The van der Waals surface area contributed by atoms with Crippen LogP contribution in [0.25, 0.3) is 16.6 Å². The first kappa shape index (κ1) is 23.5. The van der Waals surface area contributed by atoms with E-state index < -0.39 is 29.1 Å². The molecule has 0 saturated heterocycles. The van der Waals surface area contributed by atoms with Crippen molar-refractivity contribution in [2.45, 2.75) is 26.3 Å². The molecule has 0 fully saturated rings. The minimum absolute atomic E-state index is 0.00310. The van der Waals surface area contributed by atoms with Crippen molar-refractivity contribution in [1.82, 2.24) is 19.5 Å². The van der Waals surface area contributed by atoms with E-state index in [1.165, 1.54) is 6.07 Å². The van der Waals surface area contributed by atoms with Crippen LogP contribution in [0.5, 0.6) is 0 Å². The lowest BCUT2D eigenvalue weighted by atomic mass is 10.1. The number of benzene rings is 2. The highest BCUT2D eigenvalue weighted by molar-refractivity contribution is 5.82. The second kappa shape index (κ2) is 8.94. The Labute approximate surface area is 196 Å². The zero-order chi connectivity index (χ0) is 25.4. The van der Waals surface area contributed by atoms with Crippen LogP contribution in [0.3, 0.4) is 0 Å². The van der Waals surface area contributed by atoms with E-state index in [0.29, 0.717) is 11.6 Å². The van der Waals surface area contributed by atoms with Crippen LogP contribution in [0, 0.1) is 35.7 Å². The molecule has 0 aliphatic carbocycles. The topological polar surface area (TPSA) is 149 Å². The van der Waals surface area contributed by atoms with Crippen LogP contribution in [0.4, 0.5) is 30.8 Å². The number of fused-ring (bicyclic) bond motifs is 1. The van der Waals surface area contributed by atoms with Gasteiger partial charge in [-0.2, -0.15) is 15.2 Å². The number of nitrogens with two attached hydrogens (primary N) is 2. The molecule has 4 rings (SSSR count). The molecular formula is C23H19F3N8O. The third kappa shape index (κ3) is 4.19. The monoisotopic (exact) mass is 480 g/mol. The molecule has 2 aromatic heterocycles. The fourth-order valence-corrected chi connectivity index (χ4v) is 3.78. The standard InChI is InChI=1S/C23H19F3N8O/c1-3-16(30-20-14(9-27)19(28)32-23(29)33-20)21-31-18-10(2)4-5-15(26)17(18)22(35)34(21)13-7-11(24)6-12(25)8-13/h4-8,16H,3H2,1-2H3,(H5,28,29,30,32,33)/t16-/m0/s1. The number of nitrogens with zero attached hydrogens (tertiary/aromatic N) is 5. The van der Waals surface area contributed by atoms with Crippen molar-refractivity contribution < 1.29 is 13.2 Å². The molecule has 4 aromatic rings. The first-order valence-corrected chi connectivity index (χ1v) is 10.4. The third-order valence-corrected chi connectivity index (χ3v) is 5.40. The number of hydrogen-bond acceptors (Lipinski definition) is 8. The summed E-state index contributed by atoms with van der Waals surface area (Å²) in [4.78, 5) is 25.8. The largest absolute Gasteiger partial charge is 0.382 e. The predicted molar refractivity (Wildman–Crippen MR) is 124 cm³/mol. The number of aromatic nitrogens is 4. The van der Waals surface area contributed by atoms with E-state index in [1.807, 2.05) is 6.07 Å². The van der Waals surface area contributed by atoms with Crippen molar-refractivity contribution in [3.05, 3.63) is 75.1 Å². The molecule has 0 bridgehead atoms. The Kier molecular flexibility index (Phi) is 6.00. The quantitative estimate of drug-likeness (QED) is 0.393. The summed E-state index contributed by atoms with van der Waals surface area (Å²) in [5.74, 6) is -3.09. The van der Waals surface area contributed by atoms with Gasteiger partial charge in [0.2, 0.25) is 5.95 Å². The molecule has 0 aliphatic heterocycles. The maximum absolute atomic E-state index is 14.7. The summed E-state index contributed by atoms with van der Waals surface area (Å²) in [5.41, 5.74) is 10.9. The van der Waals surface area contributed by atoms with Gasteiger partial charge in [-0.25, -0.2) is 18.2 Å². The van der Waals surface area contributed by atoms with Gasteiger partial charge in [0.05, 0.1) is 17.2 Å². The number of halogens is 3. The molecule has 0 unspecified atom stereocenters. The van der Waals surface area contributed by atoms with Gasteiger partial charge in [0.15, 0.2) is 5.82 Å². The molecule has 12 heteroatoms. The molecule has 0 spiro atoms. The summed E-state index contributed by atoms with van der Waals surface area (Å²) in [5, 5.41) is 12.1. The van der Waals surface area contributed by atoms with Gasteiger partial charge in [-0.1, -0.05) is 13.0 Å². The second-order valence-corrected chi connectivity index (χ2v) is 7.73. The number of nitrogens with one attached hydrogen (secondary N) is 1. The minimum Gasteiger partial charge on any atom is -0.382 e. The van der Waals surface area contributed by atoms with E-state index in [-0.39, 0.29) is 52.0 Å². The third-order valence-electron chi connectivity index (χ3n) is 5.40. The van der Waals surface area contributed by atoms with Gasteiger partial charge in [0.25, 0.3) is 5.56 Å². The van der Waals surface area contributed by atoms with E-state index in [2.05, 4.69) is 20.3 Å². The normalized spacial score (nSPS) is 11.9. The van der Waals surface area contributed by atoms with E-state index in [1.54, 1.807) is 13.8 Å². The first-order chi connectivity index (χ1) is 16.6. The van der Waals surface area contributed by atoms with Gasteiger partial charge in [-0.3, -0.25) is 9.36 Å². The Morgan fingerprint density at radius 1 is 1.11 bits per heavy atom. The second-order valence-electron chi connectivity index (χ2n) is 7.73. The van der Waals surface area contributed by atoms with E-state index in [0.717, 1.165) is 22.8 Å². The molecule has 0 amide bonds. The Hall–Kier alpha value is -4.66. The van der Waals surface area contributed by atoms with Gasteiger partial charge in [-0.15, -0.1) is 0 Å². The van der Waals surface area contributed by atoms with Crippen LogP contribution in [-0.2, 0) is 0 Å². The molecule has 2 aromatic carbocycles. The Bertz CT molecular complexity index is 1560. The Balaban J connectivity index is 2.04. The average Bonchev–Trinajstić information content (AvgIpc) is 2.78. The molecule has 9 nitrogen and oxygen atoms in total. The van der Waals surface area contributed by atoms with E-state index in [9.17, 15) is 23.2 Å². The molecule has 178 valence electrons. The molecular weight excluding hydrogens is 461 g/mol. The SMILES string of the molecule is CC[C@H](Nc1nc(N)nc(N)c1C#N)c1nc2c(C)ccc(F)c2c(=O)n1-c1cc(F)cc(F)c1. The smallest absolute Gasteiger partial charge is 0.269 e. The van der Waals surface area contributed by atoms with Crippen LogP contribution < -0.4 is 22.3 Å². The number of rotatable bonds is 5. The Morgan fingerprint density at radius 3 is 2.43 bits per heavy atom. The van der Waals surface area contributed by atoms with Crippen molar-refractivity contribution in [1.29, 1.82) is 5.26 Å². The van der Waals surface area contributed by atoms with Crippen molar-refractivity contribution in [3.63, 3.8) is 0 Å². The molecule has 0 aliphatic rings. The fraction of sp³-hybridized carbons (Fsp3) is 0.174. The maximum atomic E-state index is 14.7. The van der Waals surface area contributed by atoms with Crippen LogP contribution in [-0.4, -0.2) is 19.5 Å². The summed E-state index contributed by atoms with van der Waals surface area (Å²) in [6.07, 6.45) is 0.263. The zero-order valence-electron chi connectivity index (χ0n) is 18.6. The number of aryl methyl sites for hydroxylation is 1. The van der Waals surface area contributed by atoms with Crippen molar-refractivity contribution in [3.8, 4) is 11.8 Å². The van der Waals surface area contributed by atoms with Crippen molar-refractivity contribution in [2.24, 2.45) is 0 Å². The molecule has 0 radical (unpaired) electrons. The number of nitriles is 1. The lowest BCUT2D eigenvalue weighted by Crippen LogP contribution is -2.29. The summed E-state index contributed by atoms with van der Waals surface area (Å²) >= 11 is 0. The first-order valence-electron chi connectivity index (χ1n) is 10.4. The van der Waals surface area contributed by atoms with Gasteiger partial charge >= 0.3 is 0 Å². The lowest BCUT2D eigenvalue weighted by molar-refractivity contribution is 0.578.